The second-order valence-electron chi connectivity index (χ2n) is 8.39. The Balaban J connectivity index is 1.55. The van der Waals surface area contributed by atoms with Crippen LogP contribution < -0.4 is 11.1 Å². The highest BCUT2D eigenvalue weighted by molar-refractivity contribution is 5.98. The van der Waals surface area contributed by atoms with E-state index in [1.54, 1.807) is 12.4 Å². The highest BCUT2D eigenvalue weighted by atomic mass is 15.0. The highest BCUT2D eigenvalue weighted by Crippen LogP contribution is 2.31. The SMILES string of the molecule is Cc1cccc(-c2nccc3c(NC[C@@H](N)Cc4ccccc4)nc(-c4ccncc4)nc23)c1. The van der Waals surface area contributed by atoms with E-state index in [-0.39, 0.29) is 6.04 Å². The summed E-state index contributed by atoms with van der Waals surface area (Å²) in [4.78, 5) is 18.6. The molecule has 2 aromatic carbocycles. The molecular formula is C28H26N6. The van der Waals surface area contributed by atoms with Crippen molar-refractivity contribution in [2.45, 2.75) is 19.4 Å². The van der Waals surface area contributed by atoms with Crippen molar-refractivity contribution < 1.29 is 0 Å². The fraction of sp³-hybridized carbons (Fsp3) is 0.143. The fourth-order valence-electron chi connectivity index (χ4n) is 4.04. The summed E-state index contributed by atoms with van der Waals surface area (Å²) in [6, 6.07) is 24.3. The molecule has 0 unspecified atom stereocenters. The van der Waals surface area contributed by atoms with Crippen molar-refractivity contribution in [3.05, 3.63) is 103 Å². The number of nitrogens with zero attached hydrogens (tertiary/aromatic N) is 4. The minimum atomic E-state index is -0.0603. The highest BCUT2D eigenvalue weighted by Gasteiger charge is 2.15. The van der Waals surface area contributed by atoms with Crippen molar-refractivity contribution in [1.82, 2.24) is 19.9 Å². The molecular weight excluding hydrogens is 420 g/mol. The molecule has 1 atom stereocenters. The summed E-state index contributed by atoms with van der Waals surface area (Å²) in [5, 5.41) is 4.40. The van der Waals surface area contributed by atoms with Gasteiger partial charge in [0.25, 0.3) is 0 Å². The maximum Gasteiger partial charge on any atom is 0.162 e. The van der Waals surface area contributed by atoms with E-state index >= 15 is 0 Å². The number of rotatable bonds is 7. The molecule has 3 heterocycles. The number of pyridine rings is 2. The Morgan fingerprint density at radius 2 is 1.68 bits per heavy atom. The second-order valence-corrected chi connectivity index (χ2v) is 8.39. The first-order valence-corrected chi connectivity index (χ1v) is 11.3. The van der Waals surface area contributed by atoms with Crippen LogP contribution in [-0.4, -0.2) is 32.5 Å². The van der Waals surface area contributed by atoms with Crippen LogP contribution >= 0.6 is 0 Å². The summed E-state index contributed by atoms with van der Waals surface area (Å²) >= 11 is 0. The summed E-state index contributed by atoms with van der Waals surface area (Å²) < 4.78 is 0. The number of aryl methyl sites for hydroxylation is 1. The molecule has 0 saturated heterocycles. The number of hydrogen-bond donors (Lipinski definition) is 2. The molecule has 0 saturated carbocycles. The molecule has 0 radical (unpaired) electrons. The molecule has 0 aliphatic heterocycles. The van der Waals surface area contributed by atoms with Crippen molar-refractivity contribution in [3.8, 4) is 22.6 Å². The van der Waals surface area contributed by atoms with Crippen molar-refractivity contribution in [3.63, 3.8) is 0 Å². The van der Waals surface area contributed by atoms with E-state index in [0.29, 0.717) is 12.4 Å². The van der Waals surface area contributed by atoms with Gasteiger partial charge in [0.1, 0.15) is 11.3 Å². The van der Waals surface area contributed by atoms with Gasteiger partial charge < -0.3 is 11.1 Å². The lowest BCUT2D eigenvalue weighted by atomic mass is 10.1. The van der Waals surface area contributed by atoms with Gasteiger partial charge in [-0.05, 0) is 43.2 Å². The number of benzene rings is 2. The lowest BCUT2D eigenvalue weighted by molar-refractivity contribution is 0.698. The Morgan fingerprint density at radius 3 is 2.47 bits per heavy atom. The minimum Gasteiger partial charge on any atom is -0.368 e. The van der Waals surface area contributed by atoms with Crippen molar-refractivity contribution >= 4 is 16.7 Å². The first-order valence-electron chi connectivity index (χ1n) is 11.3. The van der Waals surface area contributed by atoms with Gasteiger partial charge in [0.05, 0.1) is 5.69 Å². The zero-order chi connectivity index (χ0) is 23.3. The molecule has 6 nitrogen and oxygen atoms in total. The van der Waals surface area contributed by atoms with Crippen molar-refractivity contribution in [1.29, 1.82) is 0 Å². The average Bonchev–Trinajstić information content (AvgIpc) is 2.88. The smallest absolute Gasteiger partial charge is 0.162 e. The molecule has 0 aliphatic carbocycles. The maximum absolute atomic E-state index is 6.46. The lowest BCUT2D eigenvalue weighted by Crippen LogP contribution is -2.31. The third-order valence-corrected chi connectivity index (χ3v) is 5.72. The first-order chi connectivity index (χ1) is 16.7. The van der Waals surface area contributed by atoms with E-state index in [2.05, 4.69) is 47.6 Å². The molecule has 0 aliphatic rings. The fourth-order valence-corrected chi connectivity index (χ4v) is 4.04. The molecule has 5 rings (SSSR count). The van der Waals surface area contributed by atoms with E-state index in [9.17, 15) is 0 Å². The third-order valence-electron chi connectivity index (χ3n) is 5.72. The molecule has 5 aromatic rings. The Labute approximate surface area is 199 Å². The normalized spacial score (nSPS) is 11.9. The standard InChI is InChI=1S/C28H26N6/c1-19-6-5-9-22(16-19)25-26-24(12-15-31-25)28(34-27(33-26)21-10-13-30-14-11-21)32-18-23(29)17-20-7-3-2-4-8-20/h2-16,23H,17-18,29H2,1H3,(H,32,33,34)/t23-/m0/s1. The zero-order valence-electron chi connectivity index (χ0n) is 19.0. The molecule has 0 amide bonds. The molecule has 3 aromatic heterocycles. The van der Waals surface area contributed by atoms with Gasteiger partial charge in [-0.15, -0.1) is 0 Å². The summed E-state index contributed by atoms with van der Waals surface area (Å²) in [6.45, 7) is 2.66. The number of anilines is 1. The van der Waals surface area contributed by atoms with Crippen LogP contribution in [0.3, 0.4) is 0 Å². The maximum atomic E-state index is 6.46. The monoisotopic (exact) mass is 446 g/mol. The summed E-state index contributed by atoms with van der Waals surface area (Å²) in [7, 11) is 0. The molecule has 34 heavy (non-hydrogen) atoms. The van der Waals surface area contributed by atoms with Crippen LogP contribution in [0.5, 0.6) is 0 Å². The first kappa shape index (κ1) is 21.7. The number of fused-ring (bicyclic) bond motifs is 1. The molecule has 3 N–H and O–H groups in total. The Kier molecular flexibility index (Phi) is 6.23. The molecule has 0 bridgehead atoms. The van der Waals surface area contributed by atoms with Gasteiger partial charge in [0.2, 0.25) is 0 Å². The second kappa shape index (κ2) is 9.77. The predicted molar refractivity (Wildman–Crippen MR) is 137 cm³/mol. The van der Waals surface area contributed by atoms with E-state index < -0.39 is 0 Å². The van der Waals surface area contributed by atoms with Crippen LogP contribution in [0.15, 0.2) is 91.4 Å². The molecule has 168 valence electrons. The van der Waals surface area contributed by atoms with Gasteiger partial charge in [0.15, 0.2) is 5.82 Å². The summed E-state index contributed by atoms with van der Waals surface area (Å²) in [5.74, 6) is 1.37. The van der Waals surface area contributed by atoms with Crippen molar-refractivity contribution in [2.75, 3.05) is 11.9 Å². The van der Waals surface area contributed by atoms with Gasteiger partial charge in [-0.1, -0.05) is 54.1 Å². The predicted octanol–water partition coefficient (Wildman–Crippen LogP) is 5.04. The van der Waals surface area contributed by atoms with Crippen LogP contribution in [0.2, 0.25) is 0 Å². The minimum absolute atomic E-state index is 0.0603. The number of nitrogens with two attached hydrogens (primary N) is 1. The molecule has 6 heteroatoms. The molecule has 0 fully saturated rings. The van der Waals surface area contributed by atoms with Crippen LogP contribution in [0.25, 0.3) is 33.5 Å². The average molecular weight is 447 g/mol. The van der Waals surface area contributed by atoms with Crippen molar-refractivity contribution in [2.24, 2.45) is 5.73 Å². The third kappa shape index (κ3) is 4.77. The van der Waals surface area contributed by atoms with Gasteiger partial charge in [0, 0.05) is 47.7 Å². The number of nitrogens with one attached hydrogen (secondary N) is 1. The Morgan fingerprint density at radius 1 is 0.853 bits per heavy atom. The zero-order valence-corrected chi connectivity index (χ0v) is 19.0. The summed E-state index contributed by atoms with van der Waals surface area (Å²) in [5.41, 5.74) is 12.4. The number of aromatic nitrogens is 4. The Bertz CT molecular complexity index is 1400. The number of hydrogen-bond acceptors (Lipinski definition) is 6. The molecule has 0 spiro atoms. The van der Waals surface area contributed by atoms with Crippen LogP contribution in [0.1, 0.15) is 11.1 Å². The van der Waals surface area contributed by atoms with E-state index in [4.69, 9.17) is 20.7 Å². The quantitative estimate of drug-likeness (QED) is 0.364. The largest absolute Gasteiger partial charge is 0.368 e. The van der Waals surface area contributed by atoms with Gasteiger partial charge in [-0.2, -0.15) is 0 Å². The summed E-state index contributed by atoms with van der Waals surface area (Å²) in [6.07, 6.45) is 6.08. The topological polar surface area (TPSA) is 89.6 Å². The lowest BCUT2D eigenvalue weighted by Gasteiger charge is -2.16. The Hall–Kier alpha value is -4.16. The van der Waals surface area contributed by atoms with E-state index in [1.807, 2.05) is 48.7 Å². The van der Waals surface area contributed by atoms with Gasteiger partial charge in [-0.25, -0.2) is 9.97 Å². The van der Waals surface area contributed by atoms with Crippen LogP contribution in [-0.2, 0) is 6.42 Å². The van der Waals surface area contributed by atoms with Gasteiger partial charge in [-0.3, -0.25) is 9.97 Å². The van der Waals surface area contributed by atoms with Crippen LogP contribution in [0, 0.1) is 6.92 Å². The van der Waals surface area contributed by atoms with Crippen LogP contribution in [0.4, 0.5) is 5.82 Å². The van der Waals surface area contributed by atoms with E-state index in [1.165, 1.54) is 11.1 Å². The van der Waals surface area contributed by atoms with E-state index in [0.717, 1.165) is 40.0 Å². The van der Waals surface area contributed by atoms with Gasteiger partial charge >= 0.3 is 0 Å².